The fourth-order valence-corrected chi connectivity index (χ4v) is 3.07. The van der Waals surface area contributed by atoms with E-state index < -0.39 is 0 Å². The Bertz CT molecular complexity index is 933. The molecule has 0 aliphatic heterocycles. The summed E-state index contributed by atoms with van der Waals surface area (Å²) < 4.78 is 0. The Kier molecular flexibility index (Phi) is 7.32. The van der Waals surface area contributed by atoms with Gasteiger partial charge in [-0.1, -0.05) is 48.5 Å². The molecule has 30 heavy (non-hydrogen) atoms. The third-order valence-corrected chi connectivity index (χ3v) is 4.77. The Balaban J connectivity index is 1.54. The zero-order valence-electron chi connectivity index (χ0n) is 16.7. The minimum Gasteiger partial charge on any atom is -0.348 e. The molecule has 0 unspecified atom stereocenters. The third-order valence-electron chi connectivity index (χ3n) is 4.77. The first-order chi connectivity index (χ1) is 14.6. The van der Waals surface area contributed by atoms with E-state index in [-0.39, 0.29) is 11.8 Å². The Labute approximate surface area is 176 Å². The van der Waals surface area contributed by atoms with Gasteiger partial charge in [0.15, 0.2) is 0 Å². The Morgan fingerprint density at radius 3 is 1.33 bits per heavy atom. The van der Waals surface area contributed by atoms with E-state index in [1.807, 2.05) is 48.5 Å². The molecular formula is C24H26N4O2. The molecule has 0 aromatic heterocycles. The van der Waals surface area contributed by atoms with Crippen LogP contribution in [-0.4, -0.2) is 11.8 Å². The lowest BCUT2D eigenvalue weighted by atomic mass is 10.1. The van der Waals surface area contributed by atoms with Crippen molar-refractivity contribution in [2.75, 3.05) is 0 Å². The summed E-state index contributed by atoms with van der Waals surface area (Å²) in [6.45, 7) is 1.75. The molecule has 0 bridgehead atoms. The second kappa shape index (κ2) is 10.3. The molecule has 6 N–H and O–H groups in total. The highest BCUT2D eigenvalue weighted by Crippen LogP contribution is 2.08. The van der Waals surface area contributed by atoms with Crippen molar-refractivity contribution in [1.29, 1.82) is 0 Å². The minimum atomic E-state index is -0.196. The first-order valence-corrected chi connectivity index (χ1v) is 9.81. The molecule has 0 radical (unpaired) electrons. The molecule has 3 aromatic rings. The van der Waals surface area contributed by atoms with Crippen molar-refractivity contribution in [1.82, 2.24) is 10.6 Å². The highest BCUT2D eigenvalue weighted by Gasteiger charge is 2.09. The fourth-order valence-electron chi connectivity index (χ4n) is 3.07. The number of amides is 2. The molecule has 0 fully saturated rings. The van der Waals surface area contributed by atoms with Gasteiger partial charge in [0.1, 0.15) is 0 Å². The summed E-state index contributed by atoms with van der Waals surface area (Å²) in [5, 5.41) is 5.76. The highest BCUT2D eigenvalue weighted by atomic mass is 16.2. The van der Waals surface area contributed by atoms with E-state index in [0.717, 1.165) is 22.3 Å². The van der Waals surface area contributed by atoms with Gasteiger partial charge in [0.25, 0.3) is 11.8 Å². The second-order valence-corrected chi connectivity index (χ2v) is 6.99. The molecule has 0 aliphatic carbocycles. The number of carbonyl (C=O) groups is 2. The van der Waals surface area contributed by atoms with Crippen molar-refractivity contribution in [3.8, 4) is 0 Å². The van der Waals surface area contributed by atoms with Gasteiger partial charge in [-0.15, -0.1) is 0 Å². The quantitative estimate of drug-likeness (QED) is 0.464. The Morgan fingerprint density at radius 2 is 0.967 bits per heavy atom. The SMILES string of the molecule is NCc1cccc(CNC(=O)c2ccc(C(=O)NCc3cccc(CN)c3)cc2)c1. The fraction of sp³-hybridized carbons (Fsp3) is 0.167. The molecule has 0 saturated carbocycles. The van der Waals surface area contributed by atoms with Gasteiger partial charge in [-0.25, -0.2) is 0 Å². The van der Waals surface area contributed by atoms with Gasteiger partial charge >= 0.3 is 0 Å². The monoisotopic (exact) mass is 402 g/mol. The molecule has 0 atom stereocenters. The molecule has 6 heteroatoms. The van der Waals surface area contributed by atoms with Crippen LogP contribution in [0.4, 0.5) is 0 Å². The number of carbonyl (C=O) groups excluding carboxylic acids is 2. The maximum absolute atomic E-state index is 12.4. The number of nitrogens with one attached hydrogen (secondary N) is 2. The van der Waals surface area contributed by atoms with Crippen LogP contribution in [-0.2, 0) is 26.2 Å². The zero-order valence-corrected chi connectivity index (χ0v) is 16.7. The molecule has 0 aliphatic rings. The molecular weight excluding hydrogens is 376 g/mol. The Morgan fingerprint density at radius 1 is 0.600 bits per heavy atom. The summed E-state index contributed by atoms with van der Waals surface area (Å²) in [5.41, 5.74) is 16.3. The van der Waals surface area contributed by atoms with Gasteiger partial charge in [-0.2, -0.15) is 0 Å². The van der Waals surface area contributed by atoms with E-state index in [1.54, 1.807) is 24.3 Å². The molecule has 0 heterocycles. The average molecular weight is 402 g/mol. The van der Waals surface area contributed by atoms with Crippen LogP contribution < -0.4 is 22.1 Å². The van der Waals surface area contributed by atoms with Crippen LogP contribution in [0.15, 0.2) is 72.8 Å². The molecule has 3 rings (SSSR count). The largest absolute Gasteiger partial charge is 0.348 e. The Hall–Kier alpha value is -3.48. The summed E-state index contributed by atoms with van der Waals surface area (Å²) in [5.74, 6) is -0.391. The first-order valence-electron chi connectivity index (χ1n) is 9.81. The van der Waals surface area contributed by atoms with E-state index in [4.69, 9.17) is 11.5 Å². The van der Waals surface area contributed by atoms with Crippen molar-refractivity contribution in [2.45, 2.75) is 26.2 Å². The van der Waals surface area contributed by atoms with Crippen LogP contribution in [0.5, 0.6) is 0 Å². The predicted molar refractivity (Wildman–Crippen MR) is 117 cm³/mol. The maximum atomic E-state index is 12.4. The molecule has 154 valence electrons. The first kappa shape index (κ1) is 21.2. The third kappa shape index (κ3) is 5.76. The van der Waals surface area contributed by atoms with E-state index in [2.05, 4.69) is 10.6 Å². The van der Waals surface area contributed by atoms with Crippen LogP contribution in [0.1, 0.15) is 43.0 Å². The van der Waals surface area contributed by atoms with Crippen molar-refractivity contribution < 1.29 is 9.59 Å². The van der Waals surface area contributed by atoms with Gasteiger partial charge in [0, 0.05) is 37.3 Å². The second-order valence-electron chi connectivity index (χ2n) is 6.99. The van der Waals surface area contributed by atoms with E-state index in [1.165, 1.54) is 0 Å². The molecule has 0 saturated heterocycles. The van der Waals surface area contributed by atoms with Crippen LogP contribution in [0.2, 0.25) is 0 Å². The van der Waals surface area contributed by atoms with Crippen molar-refractivity contribution in [3.63, 3.8) is 0 Å². The topological polar surface area (TPSA) is 110 Å². The van der Waals surface area contributed by atoms with Gasteiger partial charge in [0.2, 0.25) is 0 Å². The lowest BCUT2D eigenvalue weighted by Gasteiger charge is -2.09. The minimum absolute atomic E-state index is 0.196. The van der Waals surface area contributed by atoms with Crippen LogP contribution in [0.25, 0.3) is 0 Å². The number of benzene rings is 3. The van der Waals surface area contributed by atoms with E-state index >= 15 is 0 Å². The highest BCUT2D eigenvalue weighted by molar-refractivity contribution is 5.97. The maximum Gasteiger partial charge on any atom is 0.251 e. The molecule has 0 spiro atoms. The number of rotatable bonds is 8. The lowest BCUT2D eigenvalue weighted by Crippen LogP contribution is -2.24. The van der Waals surface area contributed by atoms with Crippen LogP contribution in [0.3, 0.4) is 0 Å². The predicted octanol–water partition coefficient (Wildman–Crippen LogP) is 2.46. The summed E-state index contributed by atoms with van der Waals surface area (Å²) in [6, 6.07) is 22.2. The summed E-state index contributed by atoms with van der Waals surface area (Å²) in [7, 11) is 0. The molecule has 3 aromatic carbocycles. The zero-order chi connectivity index (χ0) is 21.3. The van der Waals surface area contributed by atoms with Gasteiger partial charge in [-0.05, 0) is 46.5 Å². The number of nitrogens with two attached hydrogens (primary N) is 2. The smallest absolute Gasteiger partial charge is 0.251 e. The lowest BCUT2D eigenvalue weighted by molar-refractivity contribution is 0.0939. The van der Waals surface area contributed by atoms with Crippen molar-refractivity contribution in [3.05, 3.63) is 106 Å². The van der Waals surface area contributed by atoms with Crippen molar-refractivity contribution >= 4 is 11.8 Å². The normalized spacial score (nSPS) is 10.5. The van der Waals surface area contributed by atoms with Crippen LogP contribution in [0, 0.1) is 0 Å². The molecule has 2 amide bonds. The summed E-state index contributed by atoms with van der Waals surface area (Å²) >= 11 is 0. The van der Waals surface area contributed by atoms with E-state index in [9.17, 15) is 9.59 Å². The van der Waals surface area contributed by atoms with Crippen molar-refractivity contribution in [2.24, 2.45) is 11.5 Å². The van der Waals surface area contributed by atoms with Gasteiger partial charge < -0.3 is 22.1 Å². The number of hydrogen-bond acceptors (Lipinski definition) is 4. The van der Waals surface area contributed by atoms with Gasteiger partial charge in [-0.3, -0.25) is 9.59 Å². The molecule has 6 nitrogen and oxygen atoms in total. The summed E-state index contributed by atoms with van der Waals surface area (Å²) in [4.78, 5) is 24.8. The standard InChI is InChI=1S/C24H26N4O2/c25-13-17-3-1-5-19(11-17)15-27-23(29)21-7-9-22(10-8-21)24(30)28-16-20-6-2-4-18(12-20)14-26/h1-12H,13-16,25-26H2,(H,27,29)(H,28,30). The van der Waals surface area contributed by atoms with Crippen LogP contribution >= 0.6 is 0 Å². The number of hydrogen-bond donors (Lipinski definition) is 4. The summed E-state index contributed by atoms with van der Waals surface area (Å²) in [6.07, 6.45) is 0. The average Bonchev–Trinajstić information content (AvgIpc) is 2.81. The van der Waals surface area contributed by atoms with E-state index in [0.29, 0.717) is 37.3 Å². The van der Waals surface area contributed by atoms with Gasteiger partial charge in [0.05, 0.1) is 0 Å².